The van der Waals surface area contributed by atoms with Gasteiger partial charge >= 0.3 is 0 Å². The SMILES string of the molecule is Cc1ccc(/C(=C\CN2CCCC2)c2cccc(C=CC(C)O)n2)cc1. The van der Waals surface area contributed by atoms with Crippen LogP contribution in [0.1, 0.15) is 42.3 Å². The molecule has 1 N–H and O–H groups in total. The van der Waals surface area contributed by atoms with Crippen molar-refractivity contribution in [1.82, 2.24) is 9.88 Å². The number of pyridine rings is 1. The standard InChI is InChI=1S/C23H28N2O/c1-18-8-11-20(12-9-18)22(14-17-25-15-3-4-16-25)23-7-5-6-21(24-23)13-10-19(2)26/h5-14,19,26H,3-4,15-17H2,1-2H3/b13-10?,22-14+. The van der Waals surface area contributed by atoms with Crippen LogP contribution in [0.4, 0.5) is 0 Å². The van der Waals surface area contributed by atoms with Crippen molar-refractivity contribution in [3.05, 3.63) is 77.1 Å². The summed E-state index contributed by atoms with van der Waals surface area (Å²) < 4.78 is 0. The summed E-state index contributed by atoms with van der Waals surface area (Å²) in [4.78, 5) is 7.30. The van der Waals surface area contributed by atoms with E-state index in [4.69, 9.17) is 4.98 Å². The quantitative estimate of drug-likeness (QED) is 0.845. The van der Waals surface area contributed by atoms with Crippen LogP contribution < -0.4 is 0 Å². The van der Waals surface area contributed by atoms with Gasteiger partial charge in [0, 0.05) is 12.1 Å². The van der Waals surface area contributed by atoms with Crippen LogP contribution in [0.5, 0.6) is 0 Å². The van der Waals surface area contributed by atoms with Gasteiger partial charge in [0.2, 0.25) is 0 Å². The molecule has 2 aromatic rings. The first-order valence-electron chi connectivity index (χ1n) is 9.45. The molecular formula is C23H28N2O. The van der Waals surface area contributed by atoms with E-state index in [0.29, 0.717) is 0 Å². The van der Waals surface area contributed by atoms with Gasteiger partial charge in [0.1, 0.15) is 0 Å². The van der Waals surface area contributed by atoms with Crippen LogP contribution in [0.25, 0.3) is 11.6 Å². The number of benzene rings is 1. The molecule has 0 aliphatic carbocycles. The molecule has 0 amide bonds. The summed E-state index contributed by atoms with van der Waals surface area (Å²) in [7, 11) is 0. The van der Waals surface area contributed by atoms with E-state index < -0.39 is 6.10 Å². The molecule has 1 aliphatic heterocycles. The third kappa shape index (κ3) is 5.13. The molecule has 1 fully saturated rings. The van der Waals surface area contributed by atoms with Crippen molar-refractivity contribution in [3.63, 3.8) is 0 Å². The molecule has 0 saturated carbocycles. The summed E-state index contributed by atoms with van der Waals surface area (Å²) in [5, 5.41) is 9.47. The molecule has 1 saturated heterocycles. The van der Waals surface area contributed by atoms with Gasteiger partial charge in [0.05, 0.1) is 17.5 Å². The topological polar surface area (TPSA) is 36.4 Å². The molecule has 0 spiro atoms. The maximum Gasteiger partial charge on any atom is 0.0712 e. The number of aliphatic hydroxyl groups excluding tert-OH is 1. The zero-order valence-electron chi connectivity index (χ0n) is 15.7. The highest BCUT2D eigenvalue weighted by atomic mass is 16.3. The predicted octanol–water partition coefficient (Wildman–Crippen LogP) is 4.31. The van der Waals surface area contributed by atoms with Crippen molar-refractivity contribution in [2.24, 2.45) is 0 Å². The molecule has 1 aromatic carbocycles. The summed E-state index contributed by atoms with van der Waals surface area (Å²) in [5.41, 5.74) is 5.46. The first-order chi connectivity index (χ1) is 12.6. The molecule has 26 heavy (non-hydrogen) atoms. The molecule has 1 aromatic heterocycles. The molecular weight excluding hydrogens is 320 g/mol. The fourth-order valence-electron chi connectivity index (χ4n) is 3.22. The van der Waals surface area contributed by atoms with E-state index in [0.717, 1.165) is 17.9 Å². The van der Waals surface area contributed by atoms with Gasteiger partial charge in [-0.25, -0.2) is 4.98 Å². The van der Waals surface area contributed by atoms with E-state index in [2.05, 4.69) is 48.2 Å². The Labute approximate surface area is 156 Å². The number of hydrogen-bond donors (Lipinski definition) is 1. The summed E-state index contributed by atoms with van der Waals surface area (Å²) in [6.07, 6.45) is 8.06. The van der Waals surface area contributed by atoms with Crippen LogP contribution in [0.2, 0.25) is 0 Å². The van der Waals surface area contributed by atoms with Crippen molar-refractivity contribution >= 4 is 11.6 Å². The first kappa shape index (κ1) is 18.6. The first-order valence-corrected chi connectivity index (χ1v) is 9.45. The van der Waals surface area contributed by atoms with Crippen LogP contribution >= 0.6 is 0 Å². The van der Waals surface area contributed by atoms with Gasteiger partial charge in [-0.2, -0.15) is 0 Å². The van der Waals surface area contributed by atoms with Crippen LogP contribution in [0.3, 0.4) is 0 Å². The second-order valence-corrected chi connectivity index (χ2v) is 7.04. The minimum Gasteiger partial charge on any atom is -0.389 e. The number of aliphatic hydroxyl groups is 1. The molecule has 0 radical (unpaired) electrons. The maximum absolute atomic E-state index is 9.47. The van der Waals surface area contributed by atoms with Crippen molar-refractivity contribution in [2.75, 3.05) is 19.6 Å². The van der Waals surface area contributed by atoms with Crippen LogP contribution in [0.15, 0.2) is 54.6 Å². The van der Waals surface area contributed by atoms with Crippen molar-refractivity contribution in [2.45, 2.75) is 32.8 Å². The van der Waals surface area contributed by atoms with Gasteiger partial charge in [0.15, 0.2) is 0 Å². The van der Waals surface area contributed by atoms with Crippen LogP contribution in [-0.2, 0) is 0 Å². The third-order valence-corrected chi connectivity index (χ3v) is 4.71. The highest BCUT2D eigenvalue weighted by Crippen LogP contribution is 2.23. The predicted molar refractivity (Wildman–Crippen MR) is 109 cm³/mol. The third-order valence-electron chi connectivity index (χ3n) is 4.71. The number of hydrogen-bond acceptors (Lipinski definition) is 3. The average molecular weight is 348 g/mol. The summed E-state index contributed by atoms with van der Waals surface area (Å²) >= 11 is 0. The Balaban J connectivity index is 1.93. The highest BCUT2D eigenvalue weighted by Gasteiger charge is 2.12. The normalized spacial score (nSPS) is 17.1. The molecule has 136 valence electrons. The fraction of sp³-hybridized carbons (Fsp3) is 0.348. The van der Waals surface area contributed by atoms with Crippen molar-refractivity contribution in [1.29, 1.82) is 0 Å². The largest absolute Gasteiger partial charge is 0.389 e. The maximum atomic E-state index is 9.47. The minimum atomic E-state index is -0.470. The van der Waals surface area contributed by atoms with E-state index in [9.17, 15) is 5.11 Å². The minimum absolute atomic E-state index is 0.470. The Bertz CT molecular complexity index is 769. The van der Waals surface area contributed by atoms with Crippen molar-refractivity contribution < 1.29 is 5.11 Å². The molecule has 3 heteroatoms. The molecule has 1 unspecified atom stereocenters. The van der Waals surface area contributed by atoms with Gasteiger partial charge < -0.3 is 5.11 Å². The van der Waals surface area contributed by atoms with Gasteiger partial charge in [-0.15, -0.1) is 0 Å². The summed E-state index contributed by atoms with van der Waals surface area (Å²) in [5.74, 6) is 0. The molecule has 2 heterocycles. The zero-order valence-corrected chi connectivity index (χ0v) is 15.7. The van der Waals surface area contributed by atoms with Gasteiger partial charge in [-0.05, 0) is 63.6 Å². The van der Waals surface area contributed by atoms with Crippen LogP contribution in [0, 0.1) is 6.92 Å². The Morgan fingerprint density at radius 2 is 1.88 bits per heavy atom. The van der Waals surface area contributed by atoms with Crippen LogP contribution in [-0.4, -0.2) is 40.7 Å². The smallest absolute Gasteiger partial charge is 0.0712 e. The zero-order chi connectivity index (χ0) is 18.4. The number of nitrogens with zero attached hydrogens (tertiary/aromatic N) is 2. The number of rotatable bonds is 6. The average Bonchev–Trinajstić information content (AvgIpc) is 3.15. The monoisotopic (exact) mass is 348 g/mol. The second kappa shape index (κ2) is 8.93. The lowest BCUT2D eigenvalue weighted by Crippen LogP contribution is -2.19. The number of aryl methyl sites for hydroxylation is 1. The van der Waals surface area contributed by atoms with Gasteiger partial charge in [-0.1, -0.05) is 48.0 Å². The Kier molecular flexibility index (Phi) is 6.37. The number of aromatic nitrogens is 1. The Morgan fingerprint density at radius 3 is 2.58 bits per heavy atom. The van der Waals surface area contributed by atoms with Crippen molar-refractivity contribution in [3.8, 4) is 0 Å². The lowest BCUT2D eigenvalue weighted by molar-refractivity contribution is 0.245. The number of likely N-dealkylation sites (tertiary alicyclic amines) is 1. The molecule has 1 atom stereocenters. The van der Waals surface area contributed by atoms with E-state index in [1.807, 2.05) is 18.2 Å². The summed E-state index contributed by atoms with van der Waals surface area (Å²) in [6, 6.07) is 14.7. The van der Waals surface area contributed by atoms with E-state index >= 15 is 0 Å². The second-order valence-electron chi connectivity index (χ2n) is 7.04. The lowest BCUT2D eigenvalue weighted by atomic mass is 10.00. The molecule has 3 rings (SSSR count). The summed E-state index contributed by atoms with van der Waals surface area (Å²) in [6.45, 7) is 7.17. The van der Waals surface area contributed by atoms with E-state index in [1.54, 1.807) is 13.0 Å². The fourth-order valence-corrected chi connectivity index (χ4v) is 3.22. The molecule has 1 aliphatic rings. The Morgan fingerprint density at radius 1 is 1.15 bits per heavy atom. The molecule has 3 nitrogen and oxygen atoms in total. The molecule has 0 bridgehead atoms. The Hall–Kier alpha value is -2.23. The van der Waals surface area contributed by atoms with E-state index in [1.165, 1.54) is 42.6 Å². The van der Waals surface area contributed by atoms with Gasteiger partial charge in [0.25, 0.3) is 0 Å². The lowest BCUT2D eigenvalue weighted by Gasteiger charge is -2.14. The van der Waals surface area contributed by atoms with Gasteiger partial charge in [-0.3, -0.25) is 4.90 Å². The van der Waals surface area contributed by atoms with E-state index in [-0.39, 0.29) is 0 Å². The highest BCUT2D eigenvalue weighted by molar-refractivity contribution is 5.78.